The van der Waals surface area contributed by atoms with Gasteiger partial charge in [0.05, 0.1) is 5.56 Å². The Balaban J connectivity index is 1.82. The van der Waals surface area contributed by atoms with E-state index in [9.17, 15) is 8.63 Å². The largest absolute Gasteiger partial charge is 0.971 e. The Bertz CT molecular complexity index is 629. The molecule has 0 aliphatic carbocycles. The second-order valence-corrected chi connectivity index (χ2v) is 4.94. The molecule has 1 aliphatic heterocycles. The summed E-state index contributed by atoms with van der Waals surface area (Å²) < 4.78 is 36.8. The Morgan fingerprint density at radius 3 is 2.29 bits per heavy atom. The molecule has 0 unspecified atom stereocenters. The normalized spacial score (nSPS) is 17.4. The first-order valence-corrected chi connectivity index (χ1v) is 6.80. The Hall–Kier alpha value is -2.14. The van der Waals surface area contributed by atoms with E-state index in [4.69, 9.17) is 9.00 Å². The van der Waals surface area contributed by atoms with Gasteiger partial charge in [-0.15, -0.1) is 0 Å². The molecule has 21 heavy (non-hydrogen) atoms. The quantitative estimate of drug-likeness (QED) is 0.475. The van der Waals surface area contributed by atoms with E-state index in [2.05, 4.69) is 0 Å². The summed E-state index contributed by atoms with van der Waals surface area (Å²) in [6.07, 6.45) is 0.949. The van der Waals surface area contributed by atoms with Crippen molar-refractivity contribution in [3.8, 4) is 0 Å². The molecular weight excluding hydrogens is 273 g/mol. The standard InChI is InChI=1S/C16H14BF2O2/c18-17(19)20-15(11-13-7-3-1-4-8-13)12-16(21-17)14-9-5-2-6-10-14/h1-10H,11-12H2/q+1. The third kappa shape index (κ3) is 3.50. The van der Waals surface area contributed by atoms with E-state index in [-0.39, 0.29) is 12.2 Å². The Labute approximate surface area is 122 Å². The molecule has 2 aromatic carbocycles. The van der Waals surface area contributed by atoms with Crippen molar-refractivity contribution in [2.45, 2.75) is 12.8 Å². The van der Waals surface area contributed by atoms with Gasteiger partial charge in [0, 0.05) is 0 Å². The minimum Gasteiger partial charge on any atom is -0.448 e. The predicted molar refractivity (Wildman–Crippen MR) is 77.8 cm³/mol. The number of ketones is 1. The van der Waals surface area contributed by atoms with Crippen LogP contribution >= 0.6 is 0 Å². The smallest absolute Gasteiger partial charge is 0.448 e. The molecule has 3 rings (SSSR count). The van der Waals surface area contributed by atoms with Gasteiger partial charge in [-0.1, -0.05) is 48.5 Å². The lowest BCUT2D eigenvalue weighted by atomic mass is 9.96. The molecule has 1 aliphatic rings. The summed E-state index contributed by atoms with van der Waals surface area (Å²) in [7, 11) is -4.30. The number of carbonyl (C=O) groups excluding carboxylic acids is 1. The fraction of sp³-hybridized carbons (Fsp3) is 0.125. The highest BCUT2D eigenvalue weighted by Crippen LogP contribution is 2.30. The van der Waals surface area contributed by atoms with Crippen LogP contribution < -0.4 is 0 Å². The molecule has 0 N–H and O–H groups in total. The maximum atomic E-state index is 13.7. The van der Waals surface area contributed by atoms with Gasteiger partial charge in [0.1, 0.15) is 6.42 Å². The van der Waals surface area contributed by atoms with Gasteiger partial charge in [0.25, 0.3) is 0 Å². The van der Waals surface area contributed by atoms with Crippen molar-refractivity contribution < 1.29 is 17.6 Å². The average molecular weight is 287 g/mol. The molecule has 0 aromatic heterocycles. The van der Waals surface area contributed by atoms with Crippen LogP contribution in [0.2, 0.25) is 0 Å². The molecule has 0 saturated carbocycles. The second kappa shape index (κ2) is 5.70. The van der Waals surface area contributed by atoms with Crippen molar-refractivity contribution in [2.24, 2.45) is 0 Å². The first kappa shape index (κ1) is 13.8. The van der Waals surface area contributed by atoms with Crippen LogP contribution in [0.3, 0.4) is 0 Å². The zero-order chi connectivity index (χ0) is 14.7. The third-order valence-corrected chi connectivity index (χ3v) is 3.28. The van der Waals surface area contributed by atoms with Crippen LogP contribution in [0.15, 0.2) is 60.7 Å². The Kier molecular flexibility index (Phi) is 3.75. The number of rotatable bonds is 3. The summed E-state index contributed by atoms with van der Waals surface area (Å²) in [5, 5.41) is 0. The highest BCUT2D eigenvalue weighted by molar-refractivity contribution is 6.51. The van der Waals surface area contributed by atoms with Crippen molar-refractivity contribution in [2.75, 3.05) is 0 Å². The summed E-state index contributed by atoms with van der Waals surface area (Å²) >= 11 is 0. The van der Waals surface area contributed by atoms with E-state index in [1.165, 1.54) is 0 Å². The number of hydrogen-bond donors (Lipinski definition) is 0. The van der Waals surface area contributed by atoms with Gasteiger partial charge in [-0.05, 0) is 17.7 Å². The first-order valence-electron chi connectivity index (χ1n) is 6.80. The second-order valence-electron chi connectivity index (χ2n) is 4.94. The maximum absolute atomic E-state index is 13.7. The highest BCUT2D eigenvalue weighted by Gasteiger charge is 2.60. The van der Waals surface area contributed by atoms with Gasteiger partial charge >= 0.3 is 12.9 Å². The van der Waals surface area contributed by atoms with E-state index in [1.807, 2.05) is 36.4 Å². The monoisotopic (exact) mass is 287 g/mol. The van der Waals surface area contributed by atoms with Crippen LogP contribution in [-0.4, -0.2) is 12.9 Å². The van der Waals surface area contributed by atoms with Crippen LogP contribution in [0.4, 0.5) is 8.63 Å². The van der Waals surface area contributed by atoms with Crippen LogP contribution in [0.5, 0.6) is 0 Å². The summed E-state index contributed by atoms with van der Waals surface area (Å²) in [6, 6.07) is 18.4. The molecular formula is C16H14BF2O2+. The van der Waals surface area contributed by atoms with Crippen molar-refractivity contribution in [1.82, 2.24) is 0 Å². The van der Waals surface area contributed by atoms with E-state index in [0.717, 1.165) is 5.56 Å². The molecule has 1 heterocycles. The molecule has 0 saturated heterocycles. The van der Waals surface area contributed by atoms with Crippen LogP contribution in [0.25, 0.3) is 0 Å². The van der Waals surface area contributed by atoms with Crippen molar-refractivity contribution in [3.63, 3.8) is 0 Å². The van der Waals surface area contributed by atoms with Crippen LogP contribution in [-0.2, 0) is 11.1 Å². The maximum Gasteiger partial charge on any atom is 0.971 e. The Morgan fingerprint density at radius 2 is 1.62 bits per heavy atom. The summed E-state index contributed by atoms with van der Waals surface area (Å²) in [5.41, 5.74) is 1.60. The lowest BCUT2D eigenvalue weighted by Gasteiger charge is -2.15. The lowest BCUT2D eigenvalue weighted by Crippen LogP contribution is -2.36. The Morgan fingerprint density at radius 1 is 1.00 bits per heavy atom. The van der Waals surface area contributed by atoms with Crippen molar-refractivity contribution in [3.05, 3.63) is 77.9 Å². The fourth-order valence-corrected chi connectivity index (χ4v) is 2.37. The molecule has 0 radical (unpaired) electrons. The fourth-order valence-electron chi connectivity index (χ4n) is 2.37. The lowest BCUT2D eigenvalue weighted by molar-refractivity contribution is -0.203. The summed E-state index contributed by atoms with van der Waals surface area (Å²) in [4.78, 5) is 0. The molecule has 0 fully saturated rings. The number of hydrogen-bond acceptors (Lipinski definition) is 1. The van der Waals surface area contributed by atoms with E-state index in [0.29, 0.717) is 18.1 Å². The van der Waals surface area contributed by atoms with Crippen LogP contribution in [0.1, 0.15) is 21.9 Å². The minimum atomic E-state index is -4.30. The molecule has 0 bridgehead atoms. The van der Waals surface area contributed by atoms with Gasteiger partial charge in [-0.2, -0.15) is 0 Å². The number of benzene rings is 2. The van der Waals surface area contributed by atoms with Crippen molar-refractivity contribution >= 4 is 12.9 Å². The number of halogens is 2. The van der Waals surface area contributed by atoms with E-state index >= 15 is 0 Å². The summed E-state index contributed by atoms with van der Waals surface area (Å²) in [5.74, 6) is 0.262. The van der Waals surface area contributed by atoms with Crippen molar-refractivity contribution in [1.29, 1.82) is 0 Å². The zero-order valence-corrected chi connectivity index (χ0v) is 11.3. The molecule has 0 atom stereocenters. The van der Waals surface area contributed by atoms with Gasteiger partial charge in [-0.3, -0.25) is 0 Å². The zero-order valence-electron chi connectivity index (χ0n) is 11.3. The van der Waals surface area contributed by atoms with Gasteiger partial charge < -0.3 is 13.0 Å². The molecule has 106 valence electrons. The molecule has 0 spiro atoms. The first-order chi connectivity index (χ1) is 10.1. The average Bonchev–Trinajstić information content (AvgIpc) is 2.47. The summed E-state index contributed by atoms with van der Waals surface area (Å²) in [6.45, 7) is 0. The van der Waals surface area contributed by atoms with Gasteiger partial charge in [-0.25, -0.2) is 4.65 Å². The molecule has 2 aromatic rings. The SMILES string of the molecule is F[B-]1(F)O[C+](Cc2ccccc2)CC(c2ccccc2)=[O+]1. The highest BCUT2D eigenvalue weighted by atomic mass is 19.3. The van der Waals surface area contributed by atoms with Crippen LogP contribution in [0, 0.1) is 6.10 Å². The van der Waals surface area contributed by atoms with Gasteiger partial charge in [0.2, 0.25) is 12.5 Å². The third-order valence-electron chi connectivity index (χ3n) is 3.28. The molecule has 0 amide bonds. The van der Waals surface area contributed by atoms with Gasteiger partial charge in [0.15, 0.2) is 0 Å². The predicted octanol–water partition coefficient (Wildman–Crippen LogP) is 3.97. The topological polar surface area (TPSA) is 20.5 Å². The molecule has 5 heteroatoms. The van der Waals surface area contributed by atoms with E-state index in [1.54, 1.807) is 24.3 Å². The molecule has 2 nitrogen and oxygen atoms in total. The minimum absolute atomic E-state index is 0.260. The van der Waals surface area contributed by atoms with E-state index < -0.39 is 7.11 Å².